The lowest BCUT2D eigenvalue weighted by atomic mass is 9.87. The van der Waals surface area contributed by atoms with Crippen molar-refractivity contribution in [1.29, 1.82) is 0 Å². The minimum atomic E-state index is -0.812. The third-order valence-electron chi connectivity index (χ3n) is 2.98. The number of aromatic nitrogens is 1. The Labute approximate surface area is 99.5 Å². The zero-order valence-electron chi connectivity index (χ0n) is 10.4. The predicted octanol–water partition coefficient (Wildman–Crippen LogP) is 2.59. The molecule has 1 aromatic heterocycles. The highest BCUT2D eigenvalue weighted by Crippen LogP contribution is 2.31. The van der Waals surface area contributed by atoms with E-state index in [0.717, 1.165) is 16.5 Å². The zero-order chi connectivity index (χ0) is 12.6. The fourth-order valence-corrected chi connectivity index (χ4v) is 1.90. The highest BCUT2D eigenvalue weighted by molar-refractivity contribution is 5.90. The molecule has 0 aliphatic carbocycles. The molecule has 0 saturated carbocycles. The largest absolute Gasteiger partial charge is 0.468 e. The molecule has 1 aromatic carbocycles. The molecule has 0 saturated heterocycles. The molecule has 0 aliphatic rings. The maximum absolute atomic E-state index is 11.8. The average molecular weight is 233 g/mol. The minimum absolute atomic E-state index is 0.325. The molecular weight excluding hydrogens is 218 g/mol. The van der Waals surface area contributed by atoms with E-state index in [1.54, 1.807) is 13.8 Å². The highest BCUT2D eigenvalue weighted by atomic mass is 16.5. The van der Waals surface area contributed by atoms with Gasteiger partial charge in [-0.05, 0) is 32.4 Å². The van der Waals surface area contributed by atoms with E-state index in [1.165, 1.54) is 7.11 Å². The van der Waals surface area contributed by atoms with E-state index < -0.39 is 5.41 Å². The van der Waals surface area contributed by atoms with Crippen LogP contribution in [-0.2, 0) is 14.9 Å². The van der Waals surface area contributed by atoms with Gasteiger partial charge in [0.1, 0.15) is 11.1 Å². The molecule has 4 nitrogen and oxygen atoms in total. The molecule has 0 fully saturated rings. The first kappa shape index (κ1) is 11.6. The Bertz CT molecular complexity index is 569. The Hall–Kier alpha value is -1.84. The summed E-state index contributed by atoms with van der Waals surface area (Å²) in [5.74, 6) is -0.325. The monoisotopic (exact) mass is 233 g/mol. The third kappa shape index (κ3) is 1.69. The summed E-state index contributed by atoms with van der Waals surface area (Å²) < 4.78 is 10.1. The number of hydrogen-bond donors (Lipinski definition) is 0. The predicted molar refractivity (Wildman–Crippen MR) is 63.8 cm³/mol. The topological polar surface area (TPSA) is 52.3 Å². The van der Waals surface area contributed by atoms with Crippen molar-refractivity contribution in [2.45, 2.75) is 26.2 Å². The fourth-order valence-electron chi connectivity index (χ4n) is 1.90. The van der Waals surface area contributed by atoms with Crippen LogP contribution >= 0.6 is 0 Å². The standard InChI is InChI=1S/C13H15NO3/c1-8-6-5-7-9-10(8)17-14-11(9)13(2,3)12(15)16-4/h5-7H,1-4H3. The second-order valence-corrected chi connectivity index (χ2v) is 4.60. The summed E-state index contributed by atoms with van der Waals surface area (Å²) in [5, 5.41) is 4.88. The number of aryl methyl sites for hydroxylation is 1. The van der Waals surface area contributed by atoms with Crippen molar-refractivity contribution in [3.05, 3.63) is 29.5 Å². The molecule has 4 heteroatoms. The van der Waals surface area contributed by atoms with Gasteiger partial charge in [-0.25, -0.2) is 0 Å². The summed E-state index contributed by atoms with van der Waals surface area (Å²) in [5.41, 5.74) is 1.53. The van der Waals surface area contributed by atoms with Crippen LogP contribution in [0.5, 0.6) is 0 Å². The molecule has 2 aromatic rings. The molecule has 0 atom stereocenters. The van der Waals surface area contributed by atoms with Gasteiger partial charge in [0.15, 0.2) is 5.58 Å². The van der Waals surface area contributed by atoms with Gasteiger partial charge in [-0.2, -0.15) is 0 Å². The van der Waals surface area contributed by atoms with E-state index in [1.807, 2.05) is 25.1 Å². The third-order valence-corrected chi connectivity index (χ3v) is 2.98. The van der Waals surface area contributed by atoms with Crippen LogP contribution in [0.25, 0.3) is 11.0 Å². The maximum atomic E-state index is 11.8. The molecule has 0 spiro atoms. The Kier molecular flexibility index (Phi) is 2.65. The number of rotatable bonds is 2. The van der Waals surface area contributed by atoms with E-state index >= 15 is 0 Å². The summed E-state index contributed by atoms with van der Waals surface area (Å²) in [6.45, 7) is 5.50. The normalized spacial score (nSPS) is 11.8. The molecule has 0 bridgehead atoms. The van der Waals surface area contributed by atoms with E-state index in [9.17, 15) is 4.79 Å². The lowest BCUT2D eigenvalue weighted by Gasteiger charge is -2.18. The van der Waals surface area contributed by atoms with Crippen molar-refractivity contribution in [3.8, 4) is 0 Å². The van der Waals surface area contributed by atoms with Crippen molar-refractivity contribution >= 4 is 16.9 Å². The van der Waals surface area contributed by atoms with Gasteiger partial charge < -0.3 is 9.26 Å². The van der Waals surface area contributed by atoms with Crippen LogP contribution in [0, 0.1) is 6.92 Å². The molecule has 0 N–H and O–H groups in total. The lowest BCUT2D eigenvalue weighted by Crippen LogP contribution is -2.30. The Morgan fingerprint density at radius 3 is 2.76 bits per heavy atom. The van der Waals surface area contributed by atoms with Crippen LogP contribution in [-0.4, -0.2) is 18.2 Å². The minimum Gasteiger partial charge on any atom is -0.468 e. The molecular formula is C13H15NO3. The fraction of sp³-hybridized carbons (Fsp3) is 0.385. The van der Waals surface area contributed by atoms with Gasteiger partial charge in [0.2, 0.25) is 0 Å². The Morgan fingerprint density at radius 1 is 1.41 bits per heavy atom. The van der Waals surface area contributed by atoms with Crippen LogP contribution in [0.3, 0.4) is 0 Å². The van der Waals surface area contributed by atoms with Gasteiger partial charge in [0.25, 0.3) is 0 Å². The summed E-state index contributed by atoms with van der Waals surface area (Å²) in [7, 11) is 1.37. The molecule has 17 heavy (non-hydrogen) atoms. The average Bonchev–Trinajstić information content (AvgIpc) is 2.73. The van der Waals surface area contributed by atoms with E-state index in [0.29, 0.717) is 5.69 Å². The number of carbonyl (C=O) groups excluding carboxylic acids is 1. The van der Waals surface area contributed by atoms with Crippen LogP contribution < -0.4 is 0 Å². The number of esters is 1. The van der Waals surface area contributed by atoms with Crippen molar-refractivity contribution in [3.63, 3.8) is 0 Å². The summed E-state index contributed by atoms with van der Waals surface area (Å²) in [6, 6.07) is 5.77. The molecule has 2 rings (SSSR count). The van der Waals surface area contributed by atoms with Crippen molar-refractivity contribution in [2.24, 2.45) is 0 Å². The maximum Gasteiger partial charge on any atom is 0.317 e. The number of fused-ring (bicyclic) bond motifs is 1. The van der Waals surface area contributed by atoms with E-state index in [2.05, 4.69) is 5.16 Å². The number of methoxy groups -OCH3 is 1. The Balaban J connectivity index is 2.64. The van der Waals surface area contributed by atoms with Crippen molar-refractivity contribution in [1.82, 2.24) is 5.16 Å². The second-order valence-electron chi connectivity index (χ2n) is 4.60. The number of hydrogen-bond acceptors (Lipinski definition) is 4. The van der Waals surface area contributed by atoms with E-state index in [-0.39, 0.29) is 5.97 Å². The van der Waals surface area contributed by atoms with Crippen LogP contribution in [0.2, 0.25) is 0 Å². The summed E-state index contributed by atoms with van der Waals surface area (Å²) in [6.07, 6.45) is 0. The lowest BCUT2D eigenvalue weighted by molar-refractivity contribution is -0.146. The molecule has 1 heterocycles. The van der Waals surface area contributed by atoms with Crippen LogP contribution in [0.4, 0.5) is 0 Å². The Morgan fingerprint density at radius 2 is 2.12 bits per heavy atom. The smallest absolute Gasteiger partial charge is 0.317 e. The first-order chi connectivity index (χ1) is 7.98. The quantitative estimate of drug-likeness (QED) is 0.748. The van der Waals surface area contributed by atoms with Gasteiger partial charge in [0, 0.05) is 5.39 Å². The van der Waals surface area contributed by atoms with Crippen LogP contribution in [0.15, 0.2) is 22.7 Å². The van der Waals surface area contributed by atoms with E-state index in [4.69, 9.17) is 9.26 Å². The number of carbonyl (C=O) groups is 1. The van der Waals surface area contributed by atoms with Gasteiger partial charge in [-0.1, -0.05) is 17.3 Å². The molecule has 0 radical (unpaired) electrons. The highest BCUT2D eigenvalue weighted by Gasteiger charge is 2.36. The molecule has 0 unspecified atom stereocenters. The number of benzene rings is 1. The summed E-state index contributed by atoms with van der Waals surface area (Å²) in [4.78, 5) is 11.8. The second kappa shape index (κ2) is 3.87. The number of nitrogens with zero attached hydrogens (tertiary/aromatic N) is 1. The number of para-hydroxylation sites is 1. The van der Waals surface area contributed by atoms with Gasteiger partial charge in [-0.15, -0.1) is 0 Å². The SMILES string of the molecule is COC(=O)C(C)(C)c1noc2c(C)cccc12. The number of ether oxygens (including phenoxy) is 1. The molecule has 0 amide bonds. The van der Waals surface area contributed by atoms with Crippen molar-refractivity contribution < 1.29 is 14.1 Å². The van der Waals surface area contributed by atoms with Crippen LogP contribution in [0.1, 0.15) is 25.1 Å². The molecule has 0 aliphatic heterocycles. The van der Waals surface area contributed by atoms with Crippen molar-refractivity contribution in [2.75, 3.05) is 7.11 Å². The van der Waals surface area contributed by atoms with Gasteiger partial charge in [0.05, 0.1) is 7.11 Å². The first-order valence-corrected chi connectivity index (χ1v) is 5.42. The van der Waals surface area contributed by atoms with Gasteiger partial charge >= 0.3 is 5.97 Å². The first-order valence-electron chi connectivity index (χ1n) is 5.42. The molecule has 90 valence electrons. The summed E-state index contributed by atoms with van der Waals surface area (Å²) >= 11 is 0. The zero-order valence-corrected chi connectivity index (χ0v) is 10.4. The van der Waals surface area contributed by atoms with Gasteiger partial charge in [-0.3, -0.25) is 4.79 Å².